The van der Waals surface area contributed by atoms with Crippen molar-refractivity contribution < 1.29 is 9.84 Å². The highest BCUT2D eigenvalue weighted by Crippen LogP contribution is 2.32. The van der Waals surface area contributed by atoms with Crippen LogP contribution in [0.25, 0.3) is 0 Å². The molecule has 0 saturated carbocycles. The highest BCUT2D eigenvalue weighted by Gasteiger charge is 2.19. The van der Waals surface area contributed by atoms with Crippen LogP contribution in [0.1, 0.15) is 34.8 Å². The van der Waals surface area contributed by atoms with Gasteiger partial charge in [-0.15, -0.1) is 0 Å². The summed E-state index contributed by atoms with van der Waals surface area (Å²) in [7, 11) is 1.70. The fourth-order valence-electron chi connectivity index (χ4n) is 3.17. The van der Waals surface area contributed by atoms with E-state index in [1.807, 2.05) is 6.07 Å². The van der Waals surface area contributed by atoms with Crippen LogP contribution in [0.3, 0.4) is 0 Å². The van der Waals surface area contributed by atoms with E-state index in [0.29, 0.717) is 0 Å². The van der Waals surface area contributed by atoms with Gasteiger partial charge in [-0.3, -0.25) is 0 Å². The number of rotatable bonds is 5. The van der Waals surface area contributed by atoms with E-state index in [0.717, 1.165) is 67.1 Å². The van der Waals surface area contributed by atoms with Crippen molar-refractivity contribution in [1.82, 2.24) is 10.2 Å². The zero-order valence-electron chi connectivity index (χ0n) is 13.7. The minimum Gasteiger partial charge on any atom is -0.496 e. The Morgan fingerprint density at radius 1 is 1.24 bits per heavy atom. The maximum atomic E-state index is 10.6. The molecule has 1 atom stereocenters. The predicted molar refractivity (Wildman–Crippen MR) is 86.1 cm³/mol. The molecular weight excluding hydrogens is 264 g/mol. The number of aryl methyl sites for hydroxylation is 1. The van der Waals surface area contributed by atoms with Gasteiger partial charge in [0.25, 0.3) is 0 Å². The van der Waals surface area contributed by atoms with Crippen LogP contribution in [-0.2, 0) is 0 Å². The van der Waals surface area contributed by atoms with Gasteiger partial charge < -0.3 is 20.1 Å². The van der Waals surface area contributed by atoms with E-state index in [2.05, 4.69) is 31.0 Å². The van der Waals surface area contributed by atoms with Crippen LogP contribution in [0.2, 0.25) is 0 Å². The van der Waals surface area contributed by atoms with E-state index in [-0.39, 0.29) is 0 Å². The van der Waals surface area contributed by atoms with Gasteiger partial charge in [0.15, 0.2) is 0 Å². The first-order valence-corrected chi connectivity index (χ1v) is 7.80. The van der Waals surface area contributed by atoms with Crippen molar-refractivity contribution in [3.63, 3.8) is 0 Å². The van der Waals surface area contributed by atoms with Gasteiger partial charge in [0.1, 0.15) is 5.75 Å². The normalized spacial score (nSPS) is 17.8. The van der Waals surface area contributed by atoms with E-state index >= 15 is 0 Å². The summed E-state index contributed by atoms with van der Waals surface area (Å²) in [6.45, 7) is 11.4. The maximum absolute atomic E-state index is 10.6. The number of methoxy groups -OCH3 is 1. The zero-order chi connectivity index (χ0) is 15.4. The SMILES string of the molecule is COc1cc(C)c(C(O)CCN2CCNCC2)c(C)c1C. The van der Waals surface area contributed by atoms with Gasteiger partial charge in [0.2, 0.25) is 0 Å². The zero-order valence-corrected chi connectivity index (χ0v) is 13.7. The first kappa shape index (κ1) is 16.3. The molecule has 1 aromatic carbocycles. The number of piperazine rings is 1. The Balaban J connectivity index is 2.07. The van der Waals surface area contributed by atoms with Crippen LogP contribution in [0.5, 0.6) is 5.75 Å². The molecule has 0 amide bonds. The number of ether oxygens (including phenoxy) is 1. The lowest BCUT2D eigenvalue weighted by atomic mass is 9.92. The van der Waals surface area contributed by atoms with Crippen molar-refractivity contribution in [2.24, 2.45) is 0 Å². The monoisotopic (exact) mass is 292 g/mol. The average molecular weight is 292 g/mol. The Morgan fingerprint density at radius 2 is 1.90 bits per heavy atom. The van der Waals surface area contributed by atoms with Gasteiger partial charge in [-0.2, -0.15) is 0 Å². The number of nitrogens with one attached hydrogen (secondary N) is 1. The molecule has 1 aliphatic heterocycles. The molecule has 0 radical (unpaired) electrons. The summed E-state index contributed by atoms with van der Waals surface area (Å²) >= 11 is 0. The average Bonchev–Trinajstić information content (AvgIpc) is 2.50. The second-order valence-corrected chi connectivity index (χ2v) is 5.96. The summed E-state index contributed by atoms with van der Waals surface area (Å²) in [5, 5.41) is 14.0. The maximum Gasteiger partial charge on any atom is 0.122 e. The number of hydrogen-bond donors (Lipinski definition) is 2. The van der Waals surface area contributed by atoms with E-state index in [4.69, 9.17) is 4.74 Å². The summed E-state index contributed by atoms with van der Waals surface area (Å²) in [5.41, 5.74) is 4.46. The molecule has 1 aromatic rings. The number of nitrogens with zero attached hydrogens (tertiary/aromatic N) is 1. The first-order valence-electron chi connectivity index (χ1n) is 7.80. The van der Waals surface area contributed by atoms with Crippen LogP contribution >= 0.6 is 0 Å². The summed E-state index contributed by atoms with van der Waals surface area (Å²) in [6, 6.07) is 2.03. The van der Waals surface area contributed by atoms with Gasteiger partial charge >= 0.3 is 0 Å². The second-order valence-electron chi connectivity index (χ2n) is 5.96. The molecule has 4 nitrogen and oxygen atoms in total. The lowest BCUT2D eigenvalue weighted by Gasteiger charge is -2.28. The molecule has 4 heteroatoms. The molecular formula is C17H28N2O2. The van der Waals surface area contributed by atoms with Crippen LogP contribution in [0.15, 0.2) is 6.07 Å². The molecule has 1 unspecified atom stereocenters. The van der Waals surface area contributed by atoms with Crippen LogP contribution in [0.4, 0.5) is 0 Å². The van der Waals surface area contributed by atoms with Gasteiger partial charge in [0, 0.05) is 32.7 Å². The van der Waals surface area contributed by atoms with Gasteiger partial charge in [-0.25, -0.2) is 0 Å². The number of hydrogen-bond acceptors (Lipinski definition) is 4. The molecule has 0 aliphatic carbocycles. The molecule has 2 N–H and O–H groups in total. The molecule has 21 heavy (non-hydrogen) atoms. The predicted octanol–water partition coefficient (Wildman–Crippen LogP) is 1.95. The van der Waals surface area contributed by atoms with Crippen LogP contribution < -0.4 is 10.1 Å². The van der Waals surface area contributed by atoms with Crippen molar-refractivity contribution in [3.8, 4) is 5.75 Å². The Kier molecular flexibility index (Phi) is 5.62. The van der Waals surface area contributed by atoms with Gasteiger partial charge in [-0.05, 0) is 55.5 Å². The van der Waals surface area contributed by atoms with Crippen molar-refractivity contribution in [2.45, 2.75) is 33.3 Å². The van der Waals surface area contributed by atoms with Gasteiger partial charge in [0.05, 0.1) is 13.2 Å². The highest BCUT2D eigenvalue weighted by molar-refractivity contribution is 5.48. The quantitative estimate of drug-likeness (QED) is 0.871. The van der Waals surface area contributed by atoms with Crippen molar-refractivity contribution >= 4 is 0 Å². The molecule has 2 rings (SSSR count). The standard InChI is InChI=1S/C17H28N2O2/c1-12-11-16(21-4)13(2)14(3)17(12)15(20)5-8-19-9-6-18-7-10-19/h11,15,18,20H,5-10H2,1-4H3. The summed E-state index contributed by atoms with van der Waals surface area (Å²) in [5.74, 6) is 0.906. The molecule has 1 saturated heterocycles. The minimum atomic E-state index is -0.399. The molecule has 0 spiro atoms. The highest BCUT2D eigenvalue weighted by atomic mass is 16.5. The second kappa shape index (κ2) is 7.25. The summed E-state index contributed by atoms with van der Waals surface area (Å²) in [6.07, 6.45) is 0.387. The topological polar surface area (TPSA) is 44.7 Å². The third-order valence-corrected chi connectivity index (χ3v) is 4.59. The molecule has 118 valence electrons. The van der Waals surface area contributed by atoms with Gasteiger partial charge in [-0.1, -0.05) is 0 Å². The third-order valence-electron chi connectivity index (χ3n) is 4.59. The smallest absolute Gasteiger partial charge is 0.122 e. The third kappa shape index (κ3) is 3.76. The summed E-state index contributed by atoms with van der Waals surface area (Å²) in [4.78, 5) is 2.42. The minimum absolute atomic E-state index is 0.399. The molecule has 1 heterocycles. The number of benzene rings is 1. The van der Waals surface area contributed by atoms with Crippen molar-refractivity contribution in [3.05, 3.63) is 28.3 Å². The lowest BCUT2D eigenvalue weighted by Crippen LogP contribution is -2.44. The Bertz CT molecular complexity index is 482. The molecule has 0 aromatic heterocycles. The lowest BCUT2D eigenvalue weighted by molar-refractivity contribution is 0.135. The Labute approximate surface area is 128 Å². The number of aliphatic hydroxyl groups is 1. The fourth-order valence-corrected chi connectivity index (χ4v) is 3.17. The van der Waals surface area contributed by atoms with E-state index in [1.54, 1.807) is 7.11 Å². The molecule has 1 aliphatic rings. The Morgan fingerprint density at radius 3 is 2.52 bits per heavy atom. The Hall–Kier alpha value is -1.10. The molecule has 1 fully saturated rings. The van der Waals surface area contributed by atoms with Crippen molar-refractivity contribution in [1.29, 1.82) is 0 Å². The summed E-state index contributed by atoms with van der Waals surface area (Å²) < 4.78 is 5.40. The number of aliphatic hydroxyl groups excluding tert-OH is 1. The van der Waals surface area contributed by atoms with E-state index < -0.39 is 6.10 Å². The van der Waals surface area contributed by atoms with Crippen LogP contribution in [-0.4, -0.2) is 49.8 Å². The van der Waals surface area contributed by atoms with Crippen molar-refractivity contribution in [2.75, 3.05) is 39.8 Å². The molecule has 0 bridgehead atoms. The van der Waals surface area contributed by atoms with Crippen LogP contribution in [0, 0.1) is 20.8 Å². The first-order chi connectivity index (χ1) is 10.0. The fraction of sp³-hybridized carbons (Fsp3) is 0.647. The van der Waals surface area contributed by atoms with E-state index in [9.17, 15) is 5.11 Å². The van der Waals surface area contributed by atoms with E-state index in [1.165, 1.54) is 0 Å². The largest absolute Gasteiger partial charge is 0.496 e.